The van der Waals surface area contributed by atoms with E-state index in [0.717, 1.165) is 11.2 Å². The largest absolute Gasteiger partial charge is 0.258 e. The topological polar surface area (TPSA) is 43.1 Å². The molecule has 0 atom stereocenters. The molecule has 0 aliphatic heterocycles. The summed E-state index contributed by atoms with van der Waals surface area (Å²) in [5, 5.41) is 7.54. The highest BCUT2D eigenvalue weighted by Gasteiger charge is 1.95. The maximum atomic E-state index is 4.08. The van der Waals surface area contributed by atoms with Crippen molar-refractivity contribution in [3.63, 3.8) is 0 Å². The SMILES string of the molecule is Cc1nccn2nncc12. The second-order valence-electron chi connectivity index (χ2n) is 2.08. The van der Waals surface area contributed by atoms with Gasteiger partial charge in [-0.2, -0.15) is 0 Å². The van der Waals surface area contributed by atoms with E-state index in [1.54, 1.807) is 23.1 Å². The molecule has 0 aliphatic carbocycles. The molecule has 2 heterocycles. The van der Waals surface area contributed by atoms with Gasteiger partial charge in [-0.25, -0.2) is 4.52 Å². The smallest absolute Gasteiger partial charge is 0.108 e. The van der Waals surface area contributed by atoms with Crippen molar-refractivity contribution in [1.82, 2.24) is 19.8 Å². The number of hydrogen-bond acceptors (Lipinski definition) is 3. The molecule has 0 radical (unpaired) electrons. The first-order valence-corrected chi connectivity index (χ1v) is 2.99. The quantitative estimate of drug-likeness (QED) is 0.524. The van der Waals surface area contributed by atoms with Gasteiger partial charge in [0, 0.05) is 12.4 Å². The molecule has 2 aromatic rings. The van der Waals surface area contributed by atoms with Crippen LogP contribution in [0.15, 0.2) is 18.6 Å². The van der Waals surface area contributed by atoms with Crippen LogP contribution in [0.3, 0.4) is 0 Å². The van der Waals surface area contributed by atoms with Crippen molar-refractivity contribution >= 4 is 5.52 Å². The molecule has 2 rings (SSSR count). The standard InChI is InChI=1S/C6H6N4/c1-5-6-4-8-9-10(6)3-2-7-5/h2-4H,1H3. The molecule has 0 saturated carbocycles. The average Bonchev–Trinajstić information content (AvgIpc) is 2.36. The minimum atomic E-state index is 0.951. The fraction of sp³-hybridized carbons (Fsp3) is 0.167. The molecule has 50 valence electrons. The lowest BCUT2D eigenvalue weighted by Crippen LogP contribution is -1.90. The second-order valence-corrected chi connectivity index (χ2v) is 2.08. The highest BCUT2D eigenvalue weighted by molar-refractivity contribution is 5.46. The van der Waals surface area contributed by atoms with Gasteiger partial charge in [0.05, 0.1) is 11.9 Å². The Bertz CT molecular complexity index is 351. The molecule has 0 N–H and O–H groups in total. The summed E-state index contributed by atoms with van der Waals surface area (Å²) in [4.78, 5) is 4.08. The van der Waals surface area contributed by atoms with E-state index in [-0.39, 0.29) is 0 Å². The molecular formula is C6H6N4. The zero-order valence-corrected chi connectivity index (χ0v) is 5.52. The van der Waals surface area contributed by atoms with Crippen LogP contribution in [0.25, 0.3) is 5.52 Å². The predicted octanol–water partition coefficient (Wildman–Crippen LogP) is 0.433. The van der Waals surface area contributed by atoms with Crippen molar-refractivity contribution in [2.75, 3.05) is 0 Å². The van der Waals surface area contributed by atoms with Crippen LogP contribution in [0.2, 0.25) is 0 Å². The number of aryl methyl sites for hydroxylation is 1. The maximum absolute atomic E-state index is 4.08. The molecule has 10 heavy (non-hydrogen) atoms. The van der Waals surface area contributed by atoms with E-state index in [1.807, 2.05) is 6.92 Å². The molecule has 0 bridgehead atoms. The van der Waals surface area contributed by atoms with Gasteiger partial charge >= 0.3 is 0 Å². The number of aromatic nitrogens is 4. The van der Waals surface area contributed by atoms with Crippen LogP contribution in [0.5, 0.6) is 0 Å². The fourth-order valence-electron chi connectivity index (χ4n) is 0.887. The van der Waals surface area contributed by atoms with E-state index in [9.17, 15) is 0 Å². The van der Waals surface area contributed by atoms with E-state index >= 15 is 0 Å². The molecule has 0 fully saturated rings. The Morgan fingerprint density at radius 3 is 3.20 bits per heavy atom. The Morgan fingerprint density at radius 2 is 2.40 bits per heavy atom. The second kappa shape index (κ2) is 1.76. The summed E-state index contributed by atoms with van der Waals surface area (Å²) < 4.78 is 1.70. The molecule has 2 aromatic heterocycles. The zero-order chi connectivity index (χ0) is 6.97. The average molecular weight is 134 g/mol. The minimum Gasteiger partial charge on any atom is -0.258 e. The monoisotopic (exact) mass is 134 g/mol. The Balaban J connectivity index is 2.95. The summed E-state index contributed by atoms with van der Waals surface area (Å²) in [6.45, 7) is 1.93. The first-order chi connectivity index (χ1) is 4.88. The molecule has 0 aliphatic rings. The summed E-state index contributed by atoms with van der Waals surface area (Å²) in [6.07, 6.45) is 5.18. The third-order valence-corrected chi connectivity index (χ3v) is 1.42. The van der Waals surface area contributed by atoms with Gasteiger partial charge in [0.15, 0.2) is 0 Å². The highest BCUT2D eigenvalue weighted by atomic mass is 15.4. The van der Waals surface area contributed by atoms with E-state index in [2.05, 4.69) is 15.3 Å². The molecule has 0 amide bonds. The van der Waals surface area contributed by atoms with Crippen molar-refractivity contribution in [3.8, 4) is 0 Å². The van der Waals surface area contributed by atoms with Gasteiger partial charge < -0.3 is 0 Å². The number of hydrogen-bond donors (Lipinski definition) is 0. The number of rotatable bonds is 0. The summed E-state index contributed by atoms with van der Waals surface area (Å²) in [7, 11) is 0. The van der Waals surface area contributed by atoms with Crippen LogP contribution < -0.4 is 0 Å². The van der Waals surface area contributed by atoms with E-state index in [1.165, 1.54) is 0 Å². The summed E-state index contributed by atoms with van der Waals surface area (Å²) in [6, 6.07) is 0. The normalized spacial score (nSPS) is 10.5. The van der Waals surface area contributed by atoms with Gasteiger partial charge in [0.25, 0.3) is 0 Å². The molecular weight excluding hydrogens is 128 g/mol. The maximum Gasteiger partial charge on any atom is 0.108 e. The van der Waals surface area contributed by atoms with E-state index in [4.69, 9.17) is 0 Å². The van der Waals surface area contributed by atoms with Gasteiger partial charge in [-0.1, -0.05) is 5.21 Å². The number of fused-ring (bicyclic) bond motifs is 1. The van der Waals surface area contributed by atoms with Crippen molar-refractivity contribution < 1.29 is 0 Å². The van der Waals surface area contributed by atoms with Crippen LogP contribution in [0.4, 0.5) is 0 Å². The van der Waals surface area contributed by atoms with Crippen molar-refractivity contribution in [3.05, 3.63) is 24.3 Å². The van der Waals surface area contributed by atoms with Crippen LogP contribution in [-0.2, 0) is 0 Å². The van der Waals surface area contributed by atoms with Crippen LogP contribution in [0.1, 0.15) is 5.69 Å². The van der Waals surface area contributed by atoms with E-state index < -0.39 is 0 Å². The summed E-state index contributed by atoms with van der Waals surface area (Å²) in [5.74, 6) is 0. The Labute approximate surface area is 57.5 Å². The zero-order valence-electron chi connectivity index (χ0n) is 5.52. The fourth-order valence-corrected chi connectivity index (χ4v) is 0.887. The summed E-state index contributed by atoms with van der Waals surface area (Å²) >= 11 is 0. The molecule has 0 unspecified atom stereocenters. The predicted molar refractivity (Wildman–Crippen MR) is 35.5 cm³/mol. The van der Waals surface area contributed by atoms with Crippen LogP contribution in [-0.4, -0.2) is 19.8 Å². The third kappa shape index (κ3) is 0.586. The molecule has 0 aromatic carbocycles. The molecule has 4 nitrogen and oxygen atoms in total. The molecule has 0 spiro atoms. The Hall–Kier alpha value is -1.45. The lowest BCUT2D eigenvalue weighted by molar-refractivity contribution is 0.845. The molecule has 4 heteroatoms. The Morgan fingerprint density at radius 1 is 1.50 bits per heavy atom. The first kappa shape index (κ1) is 5.34. The molecule has 0 saturated heterocycles. The van der Waals surface area contributed by atoms with Crippen molar-refractivity contribution in [1.29, 1.82) is 0 Å². The lowest BCUT2D eigenvalue weighted by Gasteiger charge is -1.91. The van der Waals surface area contributed by atoms with Crippen LogP contribution >= 0.6 is 0 Å². The van der Waals surface area contributed by atoms with Gasteiger partial charge in [0.1, 0.15) is 5.52 Å². The number of nitrogens with zero attached hydrogens (tertiary/aromatic N) is 4. The third-order valence-electron chi connectivity index (χ3n) is 1.42. The van der Waals surface area contributed by atoms with Crippen molar-refractivity contribution in [2.45, 2.75) is 6.92 Å². The van der Waals surface area contributed by atoms with E-state index in [0.29, 0.717) is 0 Å². The lowest BCUT2D eigenvalue weighted by atomic mass is 10.4. The highest BCUT2D eigenvalue weighted by Crippen LogP contribution is 2.01. The van der Waals surface area contributed by atoms with Crippen LogP contribution in [0, 0.1) is 6.92 Å². The van der Waals surface area contributed by atoms with Gasteiger partial charge in [-0.05, 0) is 6.92 Å². The van der Waals surface area contributed by atoms with Crippen molar-refractivity contribution in [2.24, 2.45) is 0 Å². The van der Waals surface area contributed by atoms with Gasteiger partial charge in [0.2, 0.25) is 0 Å². The Kier molecular flexibility index (Phi) is 0.943. The van der Waals surface area contributed by atoms with Gasteiger partial charge in [-0.3, -0.25) is 4.98 Å². The first-order valence-electron chi connectivity index (χ1n) is 2.99. The van der Waals surface area contributed by atoms with Gasteiger partial charge in [-0.15, -0.1) is 5.10 Å². The minimum absolute atomic E-state index is 0.951. The summed E-state index contributed by atoms with van der Waals surface area (Å²) in [5.41, 5.74) is 1.91.